The van der Waals surface area contributed by atoms with Crippen molar-refractivity contribution < 1.29 is 19.2 Å². The molecule has 0 bridgehead atoms. The highest BCUT2D eigenvalue weighted by atomic mass is 16.5. The molecule has 1 amide bonds. The number of methoxy groups -OCH3 is 1. The van der Waals surface area contributed by atoms with Crippen molar-refractivity contribution in [2.45, 2.75) is 19.5 Å². The average molecular weight is 352 g/mol. The second kappa shape index (κ2) is 6.82. The van der Waals surface area contributed by atoms with Crippen molar-refractivity contribution in [3.8, 4) is 5.75 Å². The van der Waals surface area contributed by atoms with Gasteiger partial charge in [0.2, 0.25) is 0 Å². The molecule has 1 aliphatic heterocycles. The first-order valence-electron chi connectivity index (χ1n) is 8.52. The van der Waals surface area contributed by atoms with Gasteiger partial charge in [-0.25, -0.2) is 5.48 Å². The zero-order valence-corrected chi connectivity index (χ0v) is 14.5. The van der Waals surface area contributed by atoms with E-state index >= 15 is 0 Å². The average Bonchev–Trinajstić information content (AvgIpc) is 3.04. The van der Waals surface area contributed by atoms with Gasteiger partial charge < -0.3 is 9.15 Å². The number of benzene rings is 2. The molecule has 6 heteroatoms. The zero-order valence-electron chi connectivity index (χ0n) is 14.5. The van der Waals surface area contributed by atoms with Crippen LogP contribution < -0.4 is 10.2 Å². The first kappa shape index (κ1) is 16.6. The summed E-state index contributed by atoms with van der Waals surface area (Å²) in [6.45, 7) is 2.48. The number of amides is 1. The number of carbonyl (C=O) groups excluding carboxylic acids is 1. The molecule has 134 valence electrons. The minimum atomic E-state index is -0.503. The molecule has 4 rings (SSSR count). The summed E-state index contributed by atoms with van der Waals surface area (Å²) in [5.74, 6) is 1.31. The van der Waals surface area contributed by atoms with Crippen molar-refractivity contribution in [2.75, 3.05) is 13.7 Å². The summed E-state index contributed by atoms with van der Waals surface area (Å²) < 4.78 is 11.3. The molecular formula is C20H20N2O4. The molecule has 3 aromatic rings. The molecule has 26 heavy (non-hydrogen) atoms. The molecular weight excluding hydrogens is 332 g/mol. The second-order valence-corrected chi connectivity index (χ2v) is 6.46. The smallest absolute Gasteiger partial charge is 0.274 e. The summed E-state index contributed by atoms with van der Waals surface area (Å²) in [7, 11) is 1.65. The number of nitrogens with one attached hydrogen (secondary N) is 1. The Morgan fingerprint density at radius 2 is 2.08 bits per heavy atom. The van der Waals surface area contributed by atoms with Gasteiger partial charge in [0, 0.05) is 35.7 Å². The summed E-state index contributed by atoms with van der Waals surface area (Å²) >= 11 is 0. The van der Waals surface area contributed by atoms with Crippen LogP contribution in [0.25, 0.3) is 11.0 Å². The highest BCUT2D eigenvalue weighted by Gasteiger charge is 2.23. The minimum absolute atomic E-state index is 0.434. The highest BCUT2D eigenvalue weighted by molar-refractivity contribution is 5.93. The molecule has 0 fully saturated rings. The van der Waals surface area contributed by atoms with E-state index in [2.05, 4.69) is 11.0 Å². The number of hydrogen-bond donors (Lipinski definition) is 2. The third-order valence-corrected chi connectivity index (χ3v) is 4.85. The Hall–Kier alpha value is -2.83. The van der Waals surface area contributed by atoms with Crippen LogP contribution in [0, 0.1) is 0 Å². The lowest BCUT2D eigenvalue weighted by atomic mass is 10.0. The van der Waals surface area contributed by atoms with Gasteiger partial charge in [-0.05, 0) is 36.2 Å². The van der Waals surface area contributed by atoms with E-state index in [-0.39, 0.29) is 0 Å². The predicted molar refractivity (Wildman–Crippen MR) is 96.3 cm³/mol. The number of hydroxylamine groups is 1. The van der Waals surface area contributed by atoms with Crippen LogP contribution in [0.5, 0.6) is 5.75 Å². The Labute approximate surface area is 150 Å². The van der Waals surface area contributed by atoms with Crippen molar-refractivity contribution in [3.05, 3.63) is 64.9 Å². The Bertz CT molecular complexity index is 946. The lowest BCUT2D eigenvalue weighted by Crippen LogP contribution is -2.29. The van der Waals surface area contributed by atoms with Gasteiger partial charge in [0.25, 0.3) is 5.91 Å². The first-order valence-corrected chi connectivity index (χ1v) is 8.52. The molecule has 2 heterocycles. The van der Waals surface area contributed by atoms with E-state index in [1.54, 1.807) is 24.7 Å². The fourth-order valence-corrected chi connectivity index (χ4v) is 3.48. The summed E-state index contributed by atoms with van der Waals surface area (Å²) in [4.78, 5) is 13.7. The van der Waals surface area contributed by atoms with Crippen LogP contribution in [0.3, 0.4) is 0 Å². The number of nitrogens with zero attached hydrogens (tertiary/aromatic N) is 1. The number of furan rings is 1. The maximum atomic E-state index is 11.4. The van der Waals surface area contributed by atoms with Crippen LogP contribution in [0.2, 0.25) is 0 Å². The van der Waals surface area contributed by atoms with Crippen LogP contribution in [0.4, 0.5) is 0 Å². The number of ether oxygens (including phenoxy) is 1. The van der Waals surface area contributed by atoms with Crippen LogP contribution in [-0.2, 0) is 19.5 Å². The van der Waals surface area contributed by atoms with E-state index in [0.717, 1.165) is 48.7 Å². The van der Waals surface area contributed by atoms with Crippen LogP contribution in [0.15, 0.2) is 46.9 Å². The Morgan fingerprint density at radius 1 is 1.27 bits per heavy atom. The fourth-order valence-electron chi connectivity index (χ4n) is 3.48. The molecule has 0 spiro atoms. The molecule has 0 saturated heterocycles. The molecule has 1 aliphatic rings. The molecule has 2 aromatic carbocycles. The Balaban J connectivity index is 1.50. The van der Waals surface area contributed by atoms with Gasteiger partial charge in [-0.15, -0.1) is 0 Å². The van der Waals surface area contributed by atoms with E-state index in [9.17, 15) is 4.79 Å². The second-order valence-electron chi connectivity index (χ2n) is 6.46. The molecule has 2 N–H and O–H groups in total. The summed E-state index contributed by atoms with van der Waals surface area (Å²) in [5, 5.41) is 9.84. The normalized spacial score (nSPS) is 14.2. The Morgan fingerprint density at radius 3 is 2.81 bits per heavy atom. The van der Waals surface area contributed by atoms with Gasteiger partial charge in [-0.2, -0.15) is 0 Å². The number of fused-ring (bicyclic) bond motifs is 3. The van der Waals surface area contributed by atoms with Gasteiger partial charge in [-0.1, -0.05) is 12.1 Å². The van der Waals surface area contributed by atoms with Gasteiger partial charge >= 0.3 is 0 Å². The monoisotopic (exact) mass is 352 g/mol. The lowest BCUT2D eigenvalue weighted by molar-refractivity contribution is 0.0706. The topological polar surface area (TPSA) is 74.9 Å². The van der Waals surface area contributed by atoms with Crippen LogP contribution in [0.1, 0.15) is 27.2 Å². The SMILES string of the molecule is COc1ccc2c3c(oc2c1)CN(Cc1ccc(C(=O)NO)cc1)CC3. The molecule has 0 atom stereocenters. The third kappa shape index (κ3) is 3.05. The van der Waals surface area contributed by atoms with Crippen molar-refractivity contribution in [1.29, 1.82) is 0 Å². The molecule has 6 nitrogen and oxygen atoms in total. The van der Waals surface area contributed by atoms with Crippen molar-refractivity contribution >= 4 is 16.9 Å². The van der Waals surface area contributed by atoms with E-state index < -0.39 is 5.91 Å². The van der Waals surface area contributed by atoms with Crippen molar-refractivity contribution in [2.24, 2.45) is 0 Å². The van der Waals surface area contributed by atoms with E-state index in [1.165, 1.54) is 10.9 Å². The Kier molecular flexibility index (Phi) is 4.36. The van der Waals surface area contributed by atoms with E-state index in [1.807, 2.05) is 24.3 Å². The minimum Gasteiger partial charge on any atom is -0.497 e. The molecule has 0 unspecified atom stereocenters. The molecule has 0 saturated carbocycles. The van der Waals surface area contributed by atoms with Crippen molar-refractivity contribution in [1.82, 2.24) is 10.4 Å². The van der Waals surface area contributed by atoms with Gasteiger partial charge in [0.15, 0.2) is 0 Å². The van der Waals surface area contributed by atoms with Gasteiger partial charge in [-0.3, -0.25) is 14.9 Å². The number of hydrogen-bond acceptors (Lipinski definition) is 5. The van der Waals surface area contributed by atoms with Crippen LogP contribution in [-0.4, -0.2) is 29.7 Å². The largest absolute Gasteiger partial charge is 0.497 e. The summed E-state index contributed by atoms with van der Waals surface area (Å²) in [5.41, 5.74) is 5.35. The standard InChI is InChI=1S/C20H20N2O4/c1-25-15-6-7-16-17-8-9-22(12-19(17)26-18(16)10-15)11-13-2-4-14(5-3-13)20(23)21-24/h2-7,10,24H,8-9,11-12H2,1H3,(H,21,23). The molecule has 0 radical (unpaired) electrons. The maximum absolute atomic E-state index is 11.4. The fraction of sp³-hybridized carbons (Fsp3) is 0.250. The number of carbonyl (C=O) groups is 1. The van der Waals surface area contributed by atoms with Gasteiger partial charge in [0.1, 0.15) is 17.1 Å². The van der Waals surface area contributed by atoms with Gasteiger partial charge in [0.05, 0.1) is 13.7 Å². The number of rotatable bonds is 4. The quantitative estimate of drug-likeness (QED) is 0.557. The first-order chi connectivity index (χ1) is 12.7. The molecule has 0 aliphatic carbocycles. The summed E-state index contributed by atoms with van der Waals surface area (Å²) in [6.07, 6.45) is 0.944. The third-order valence-electron chi connectivity index (χ3n) is 4.85. The summed E-state index contributed by atoms with van der Waals surface area (Å²) in [6, 6.07) is 13.2. The van der Waals surface area contributed by atoms with Crippen molar-refractivity contribution in [3.63, 3.8) is 0 Å². The molecule has 1 aromatic heterocycles. The highest BCUT2D eigenvalue weighted by Crippen LogP contribution is 2.33. The maximum Gasteiger partial charge on any atom is 0.274 e. The van der Waals surface area contributed by atoms with E-state index in [0.29, 0.717) is 5.56 Å². The zero-order chi connectivity index (χ0) is 18.1. The predicted octanol–water partition coefficient (Wildman–Crippen LogP) is 3.12. The lowest BCUT2D eigenvalue weighted by Gasteiger charge is -2.26. The van der Waals surface area contributed by atoms with Crippen LogP contribution >= 0.6 is 0 Å². The van der Waals surface area contributed by atoms with E-state index in [4.69, 9.17) is 14.4 Å².